The summed E-state index contributed by atoms with van der Waals surface area (Å²) in [5.74, 6) is 0. The largest absolute Gasteiger partial charge is 0.250 e. The Labute approximate surface area is 113 Å². The zero-order valence-corrected chi connectivity index (χ0v) is 13.3. The van der Waals surface area contributed by atoms with E-state index in [1.807, 2.05) is 20.1 Å². The van der Waals surface area contributed by atoms with Crippen molar-refractivity contribution in [1.29, 1.82) is 0 Å². The van der Waals surface area contributed by atoms with Crippen LogP contribution in [0.2, 0.25) is 0 Å². The Balaban J connectivity index is 2.74. The Kier molecular flexibility index (Phi) is 4.88. The van der Waals surface area contributed by atoms with Crippen LogP contribution in [0.3, 0.4) is 0 Å². The van der Waals surface area contributed by atoms with E-state index < -0.39 is 10.0 Å². The number of thiophene rings is 1. The van der Waals surface area contributed by atoms with Gasteiger partial charge in [-0.15, -0.1) is 11.3 Å². The summed E-state index contributed by atoms with van der Waals surface area (Å²) in [6.07, 6.45) is 1.97. The van der Waals surface area contributed by atoms with Crippen molar-refractivity contribution < 1.29 is 8.42 Å². The molecule has 0 radical (unpaired) electrons. The summed E-state index contributed by atoms with van der Waals surface area (Å²) in [4.78, 5) is 0. The van der Waals surface area contributed by atoms with Crippen molar-refractivity contribution in [3.8, 4) is 0 Å². The molecule has 3 nitrogen and oxygen atoms in total. The van der Waals surface area contributed by atoms with E-state index in [2.05, 4.69) is 20.7 Å². The molecule has 0 bridgehead atoms. The van der Waals surface area contributed by atoms with Gasteiger partial charge in [0.05, 0.1) is 3.79 Å². The lowest BCUT2D eigenvalue weighted by molar-refractivity contribution is 0.573. The molecule has 1 rings (SSSR count). The number of sulfonamides is 1. The average molecular weight is 344 g/mol. The lowest BCUT2D eigenvalue weighted by Crippen LogP contribution is -2.35. The molecule has 1 N–H and O–H groups in total. The van der Waals surface area contributed by atoms with E-state index in [-0.39, 0.29) is 4.75 Å². The maximum absolute atomic E-state index is 11.9. The summed E-state index contributed by atoms with van der Waals surface area (Å²) in [5.41, 5.74) is 0. The predicted octanol–water partition coefficient (Wildman–Crippen LogP) is 2.93. The Hall–Kier alpha value is 0.440. The monoisotopic (exact) mass is 343 g/mol. The van der Waals surface area contributed by atoms with Crippen molar-refractivity contribution in [2.45, 2.75) is 22.8 Å². The third kappa shape index (κ3) is 4.03. The summed E-state index contributed by atoms with van der Waals surface area (Å²) < 4.78 is 27.4. The second-order valence-electron chi connectivity index (χ2n) is 3.85. The molecule has 0 spiro atoms. The molecule has 0 aromatic carbocycles. The van der Waals surface area contributed by atoms with Crippen LogP contribution in [-0.4, -0.2) is 26.0 Å². The number of hydrogen-bond donors (Lipinski definition) is 1. The van der Waals surface area contributed by atoms with Crippen LogP contribution in [0.1, 0.15) is 13.8 Å². The molecule has 0 unspecified atom stereocenters. The number of nitrogens with one attached hydrogen (secondary N) is 1. The minimum atomic E-state index is -3.36. The molecule has 0 fully saturated rings. The van der Waals surface area contributed by atoms with Gasteiger partial charge in [0.15, 0.2) is 0 Å². The van der Waals surface area contributed by atoms with E-state index >= 15 is 0 Å². The van der Waals surface area contributed by atoms with Crippen molar-refractivity contribution >= 4 is 49.1 Å². The topological polar surface area (TPSA) is 46.2 Å². The van der Waals surface area contributed by atoms with E-state index in [1.165, 1.54) is 11.3 Å². The molecule has 0 saturated carbocycles. The van der Waals surface area contributed by atoms with Gasteiger partial charge in [0.1, 0.15) is 4.21 Å². The van der Waals surface area contributed by atoms with E-state index in [1.54, 1.807) is 23.9 Å². The molecule has 16 heavy (non-hydrogen) atoms. The second-order valence-corrected chi connectivity index (χ2v) is 9.82. The number of halogens is 1. The van der Waals surface area contributed by atoms with Crippen LogP contribution < -0.4 is 4.72 Å². The number of rotatable bonds is 5. The third-order valence-electron chi connectivity index (χ3n) is 2.05. The van der Waals surface area contributed by atoms with Gasteiger partial charge in [0.25, 0.3) is 0 Å². The van der Waals surface area contributed by atoms with Gasteiger partial charge < -0.3 is 0 Å². The van der Waals surface area contributed by atoms with Gasteiger partial charge in [-0.05, 0) is 48.2 Å². The highest BCUT2D eigenvalue weighted by Crippen LogP contribution is 2.26. The van der Waals surface area contributed by atoms with Crippen LogP contribution in [0.25, 0.3) is 0 Å². The lowest BCUT2D eigenvalue weighted by Gasteiger charge is -2.21. The van der Waals surface area contributed by atoms with Gasteiger partial charge in [-0.1, -0.05) is 0 Å². The highest BCUT2D eigenvalue weighted by molar-refractivity contribution is 9.11. The zero-order valence-electron chi connectivity index (χ0n) is 9.28. The third-order valence-corrected chi connectivity index (χ3v) is 6.82. The molecule has 0 aliphatic rings. The van der Waals surface area contributed by atoms with Gasteiger partial charge >= 0.3 is 0 Å². The summed E-state index contributed by atoms with van der Waals surface area (Å²) in [6, 6.07) is 3.34. The summed E-state index contributed by atoms with van der Waals surface area (Å²) >= 11 is 6.10. The summed E-state index contributed by atoms with van der Waals surface area (Å²) in [6.45, 7) is 4.43. The van der Waals surface area contributed by atoms with Gasteiger partial charge in [-0.25, -0.2) is 13.1 Å². The van der Waals surface area contributed by atoms with Crippen molar-refractivity contribution in [3.05, 3.63) is 15.9 Å². The Morgan fingerprint density at radius 1 is 1.50 bits per heavy atom. The molecule has 1 aromatic heterocycles. The predicted molar refractivity (Wildman–Crippen MR) is 74.8 cm³/mol. The van der Waals surface area contributed by atoms with Crippen LogP contribution >= 0.6 is 39.0 Å². The number of thioether (sulfide) groups is 1. The first-order valence-corrected chi connectivity index (χ1v) is 8.89. The maximum Gasteiger partial charge on any atom is 0.250 e. The van der Waals surface area contributed by atoms with Gasteiger partial charge in [-0.3, -0.25) is 0 Å². The van der Waals surface area contributed by atoms with E-state index in [4.69, 9.17) is 0 Å². The number of hydrogen-bond acceptors (Lipinski definition) is 4. The van der Waals surface area contributed by atoms with Gasteiger partial charge in [0, 0.05) is 11.3 Å². The molecule has 0 atom stereocenters. The normalized spacial score (nSPS) is 13.0. The molecular formula is C9H14BrNO2S3. The minimum absolute atomic E-state index is 0.0957. The Morgan fingerprint density at radius 3 is 2.56 bits per heavy atom. The van der Waals surface area contributed by atoms with Crippen molar-refractivity contribution in [1.82, 2.24) is 4.72 Å². The van der Waals surface area contributed by atoms with Crippen LogP contribution in [0.15, 0.2) is 20.1 Å². The fraction of sp³-hybridized carbons (Fsp3) is 0.556. The van der Waals surface area contributed by atoms with Crippen LogP contribution in [0.5, 0.6) is 0 Å². The molecule has 1 heterocycles. The van der Waals surface area contributed by atoms with E-state index in [9.17, 15) is 8.42 Å². The summed E-state index contributed by atoms with van der Waals surface area (Å²) in [5, 5.41) is 0. The molecule has 92 valence electrons. The molecule has 0 amide bonds. The van der Waals surface area contributed by atoms with Crippen LogP contribution in [0, 0.1) is 0 Å². The Morgan fingerprint density at radius 2 is 2.12 bits per heavy atom. The standard InChI is InChI=1S/C9H14BrNO2S3/c1-9(2,14-3)6-11-16(12,13)8-5-4-7(10)15-8/h4-5,11H,6H2,1-3H3. The zero-order chi connectivity index (χ0) is 12.4. The first kappa shape index (κ1) is 14.5. The molecule has 0 saturated heterocycles. The molecule has 0 aliphatic heterocycles. The first-order chi connectivity index (χ1) is 7.27. The smallest absolute Gasteiger partial charge is 0.209 e. The quantitative estimate of drug-likeness (QED) is 0.893. The molecule has 0 aliphatic carbocycles. The van der Waals surface area contributed by atoms with Crippen LogP contribution in [-0.2, 0) is 10.0 Å². The highest BCUT2D eigenvalue weighted by atomic mass is 79.9. The Bertz CT molecular complexity index is 453. The van der Waals surface area contributed by atoms with Crippen LogP contribution in [0.4, 0.5) is 0 Å². The highest BCUT2D eigenvalue weighted by Gasteiger charge is 2.22. The van der Waals surface area contributed by atoms with Gasteiger partial charge in [-0.2, -0.15) is 11.8 Å². The van der Waals surface area contributed by atoms with Crippen molar-refractivity contribution in [2.24, 2.45) is 0 Å². The fourth-order valence-electron chi connectivity index (χ4n) is 0.854. The summed E-state index contributed by atoms with van der Waals surface area (Å²) in [7, 11) is -3.36. The van der Waals surface area contributed by atoms with Gasteiger partial charge in [0.2, 0.25) is 10.0 Å². The van der Waals surface area contributed by atoms with Crippen molar-refractivity contribution in [3.63, 3.8) is 0 Å². The molecular weight excluding hydrogens is 330 g/mol. The lowest BCUT2D eigenvalue weighted by atomic mass is 10.2. The van der Waals surface area contributed by atoms with E-state index in [0.29, 0.717) is 10.8 Å². The average Bonchev–Trinajstić information content (AvgIpc) is 2.63. The maximum atomic E-state index is 11.9. The second kappa shape index (κ2) is 5.39. The SMILES string of the molecule is CSC(C)(C)CNS(=O)(=O)c1ccc(Br)s1. The van der Waals surface area contributed by atoms with E-state index in [0.717, 1.165) is 3.79 Å². The molecule has 7 heteroatoms. The molecule has 1 aromatic rings. The first-order valence-electron chi connectivity index (χ1n) is 4.57. The fourth-order valence-corrected chi connectivity index (χ4v) is 4.43. The minimum Gasteiger partial charge on any atom is -0.209 e. The van der Waals surface area contributed by atoms with Crippen molar-refractivity contribution in [2.75, 3.05) is 12.8 Å².